The largest absolute Gasteiger partial charge is 0.506 e. The van der Waals surface area contributed by atoms with Crippen LogP contribution in [0.4, 0.5) is 0 Å². The Morgan fingerprint density at radius 1 is 1.43 bits per heavy atom. The van der Waals surface area contributed by atoms with Crippen molar-refractivity contribution in [3.05, 3.63) is 28.6 Å². The van der Waals surface area contributed by atoms with Crippen molar-refractivity contribution in [1.82, 2.24) is 0 Å². The van der Waals surface area contributed by atoms with Crippen molar-refractivity contribution in [3.63, 3.8) is 0 Å². The predicted molar refractivity (Wildman–Crippen MR) is 55.2 cm³/mol. The SMILES string of the molecule is Cc1cc(C(=O)O)c2c(O)csc2c1. The molecule has 0 fully saturated rings. The molecule has 0 bridgehead atoms. The molecule has 0 saturated carbocycles. The van der Waals surface area contributed by atoms with E-state index in [1.807, 2.05) is 13.0 Å². The number of rotatable bonds is 1. The van der Waals surface area contributed by atoms with Crippen LogP contribution >= 0.6 is 11.3 Å². The molecule has 0 aliphatic rings. The van der Waals surface area contributed by atoms with E-state index in [9.17, 15) is 9.90 Å². The zero-order valence-electron chi connectivity index (χ0n) is 7.44. The van der Waals surface area contributed by atoms with Crippen LogP contribution in [0.5, 0.6) is 5.75 Å². The molecule has 1 heterocycles. The molecule has 2 aromatic rings. The molecule has 0 spiro atoms. The number of carboxylic acid groups (broad SMARTS) is 1. The Balaban J connectivity index is 2.90. The number of fused-ring (bicyclic) bond motifs is 1. The van der Waals surface area contributed by atoms with E-state index in [0.29, 0.717) is 5.39 Å². The molecule has 1 aromatic carbocycles. The van der Waals surface area contributed by atoms with Crippen molar-refractivity contribution < 1.29 is 15.0 Å². The highest BCUT2D eigenvalue weighted by atomic mass is 32.1. The van der Waals surface area contributed by atoms with Gasteiger partial charge >= 0.3 is 5.97 Å². The van der Waals surface area contributed by atoms with Crippen LogP contribution in [-0.4, -0.2) is 16.2 Å². The van der Waals surface area contributed by atoms with Gasteiger partial charge in [0, 0.05) is 15.5 Å². The second kappa shape index (κ2) is 2.99. The topological polar surface area (TPSA) is 57.5 Å². The van der Waals surface area contributed by atoms with Crippen LogP contribution in [0, 0.1) is 6.92 Å². The first kappa shape index (κ1) is 9.02. The summed E-state index contributed by atoms with van der Waals surface area (Å²) < 4.78 is 0.805. The van der Waals surface area contributed by atoms with Gasteiger partial charge in [-0.05, 0) is 24.6 Å². The normalized spacial score (nSPS) is 10.6. The summed E-state index contributed by atoms with van der Waals surface area (Å²) in [4.78, 5) is 10.9. The smallest absolute Gasteiger partial charge is 0.336 e. The van der Waals surface area contributed by atoms with E-state index in [0.717, 1.165) is 10.3 Å². The van der Waals surface area contributed by atoms with Gasteiger partial charge in [-0.3, -0.25) is 0 Å². The Bertz CT molecular complexity index is 513. The Hall–Kier alpha value is -1.55. The van der Waals surface area contributed by atoms with Crippen molar-refractivity contribution in [2.75, 3.05) is 0 Å². The first-order valence-corrected chi connectivity index (χ1v) is 4.91. The number of carbonyl (C=O) groups is 1. The van der Waals surface area contributed by atoms with Crippen LogP contribution in [-0.2, 0) is 0 Å². The molecule has 2 N–H and O–H groups in total. The van der Waals surface area contributed by atoms with E-state index < -0.39 is 5.97 Å². The maximum Gasteiger partial charge on any atom is 0.336 e. The standard InChI is InChI=1S/C10H8O3S/c1-5-2-6(10(12)13)9-7(11)4-14-8(9)3-5/h2-4,11H,1H3,(H,12,13). The highest BCUT2D eigenvalue weighted by molar-refractivity contribution is 7.17. The Morgan fingerprint density at radius 3 is 2.79 bits per heavy atom. The molecular weight excluding hydrogens is 200 g/mol. The lowest BCUT2D eigenvalue weighted by atomic mass is 10.1. The number of benzene rings is 1. The molecular formula is C10H8O3S. The van der Waals surface area contributed by atoms with Crippen molar-refractivity contribution in [2.45, 2.75) is 6.92 Å². The molecule has 0 amide bonds. The number of aromatic hydroxyl groups is 1. The van der Waals surface area contributed by atoms with E-state index in [-0.39, 0.29) is 11.3 Å². The fourth-order valence-electron chi connectivity index (χ4n) is 1.46. The fraction of sp³-hybridized carbons (Fsp3) is 0.100. The maximum absolute atomic E-state index is 10.9. The highest BCUT2D eigenvalue weighted by Crippen LogP contribution is 2.34. The molecule has 0 atom stereocenters. The third-order valence-electron chi connectivity index (χ3n) is 2.03. The van der Waals surface area contributed by atoms with Gasteiger partial charge in [0.2, 0.25) is 0 Å². The summed E-state index contributed by atoms with van der Waals surface area (Å²) in [6.45, 7) is 1.84. The monoisotopic (exact) mass is 208 g/mol. The van der Waals surface area contributed by atoms with Gasteiger partial charge in [-0.25, -0.2) is 4.79 Å². The molecule has 1 aromatic heterocycles. The van der Waals surface area contributed by atoms with Gasteiger partial charge in [0.05, 0.1) is 5.56 Å². The van der Waals surface area contributed by atoms with Crippen LogP contribution in [0.15, 0.2) is 17.5 Å². The summed E-state index contributed by atoms with van der Waals surface area (Å²) in [5.74, 6) is -0.963. The molecule has 72 valence electrons. The van der Waals surface area contributed by atoms with E-state index in [4.69, 9.17) is 5.11 Å². The van der Waals surface area contributed by atoms with Gasteiger partial charge in [-0.15, -0.1) is 11.3 Å². The average molecular weight is 208 g/mol. The van der Waals surface area contributed by atoms with E-state index >= 15 is 0 Å². The molecule has 3 nitrogen and oxygen atoms in total. The zero-order valence-corrected chi connectivity index (χ0v) is 8.26. The minimum absolute atomic E-state index is 0.0439. The Labute approximate surface area is 84.2 Å². The van der Waals surface area contributed by atoms with Crippen LogP contribution < -0.4 is 0 Å². The van der Waals surface area contributed by atoms with Crippen molar-refractivity contribution in [3.8, 4) is 5.75 Å². The quantitative estimate of drug-likeness (QED) is 0.757. The second-order valence-corrected chi connectivity index (χ2v) is 4.02. The van der Waals surface area contributed by atoms with Crippen molar-refractivity contribution in [2.24, 2.45) is 0 Å². The van der Waals surface area contributed by atoms with Gasteiger partial charge in [0.15, 0.2) is 0 Å². The second-order valence-electron chi connectivity index (χ2n) is 3.11. The molecule has 0 saturated heterocycles. The predicted octanol–water partition coefficient (Wildman–Crippen LogP) is 2.61. The molecule has 0 aliphatic heterocycles. The van der Waals surface area contributed by atoms with Gasteiger partial charge in [-0.1, -0.05) is 0 Å². The summed E-state index contributed by atoms with van der Waals surface area (Å²) in [6, 6.07) is 3.43. The van der Waals surface area contributed by atoms with E-state index in [2.05, 4.69) is 0 Å². The van der Waals surface area contributed by atoms with Crippen LogP contribution in [0.1, 0.15) is 15.9 Å². The van der Waals surface area contributed by atoms with Crippen LogP contribution in [0.3, 0.4) is 0 Å². The number of carboxylic acids is 1. The first-order chi connectivity index (χ1) is 6.59. The minimum atomic E-state index is -1.01. The van der Waals surface area contributed by atoms with E-state index in [1.54, 1.807) is 11.4 Å². The average Bonchev–Trinajstić information content (AvgIpc) is 2.46. The molecule has 0 unspecified atom stereocenters. The zero-order chi connectivity index (χ0) is 10.3. The first-order valence-electron chi connectivity index (χ1n) is 4.03. The lowest BCUT2D eigenvalue weighted by molar-refractivity contribution is 0.0698. The number of aryl methyl sites for hydroxylation is 1. The summed E-state index contributed by atoms with van der Waals surface area (Å²) in [5.41, 5.74) is 1.05. The summed E-state index contributed by atoms with van der Waals surface area (Å²) >= 11 is 1.35. The summed E-state index contributed by atoms with van der Waals surface area (Å²) in [5, 5.41) is 20.4. The van der Waals surface area contributed by atoms with Crippen LogP contribution in [0.25, 0.3) is 10.1 Å². The lowest BCUT2D eigenvalue weighted by Gasteiger charge is -2.00. The summed E-state index contributed by atoms with van der Waals surface area (Å²) in [7, 11) is 0. The number of hydrogen-bond acceptors (Lipinski definition) is 3. The van der Waals surface area contributed by atoms with Gasteiger partial charge in [0.25, 0.3) is 0 Å². The maximum atomic E-state index is 10.9. The fourth-order valence-corrected chi connectivity index (χ4v) is 2.40. The van der Waals surface area contributed by atoms with Crippen molar-refractivity contribution in [1.29, 1.82) is 0 Å². The van der Waals surface area contributed by atoms with Gasteiger partial charge < -0.3 is 10.2 Å². The van der Waals surface area contributed by atoms with Gasteiger partial charge in [0.1, 0.15) is 5.75 Å². The number of thiophene rings is 1. The number of hydrogen-bond donors (Lipinski definition) is 2. The molecule has 2 rings (SSSR count). The lowest BCUT2D eigenvalue weighted by Crippen LogP contribution is -1.97. The summed E-state index contributed by atoms with van der Waals surface area (Å²) in [6.07, 6.45) is 0. The third kappa shape index (κ3) is 1.24. The minimum Gasteiger partial charge on any atom is -0.506 e. The highest BCUT2D eigenvalue weighted by Gasteiger charge is 2.14. The van der Waals surface area contributed by atoms with Gasteiger partial charge in [-0.2, -0.15) is 0 Å². The third-order valence-corrected chi connectivity index (χ3v) is 2.95. The molecule has 0 radical (unpaired) electrons. The molecule has 4 heteroatoms. The van der Waals surface area contributed by atoms with Crippen molar-refractivity contribution >= 4 is 27.4 Å². The number of aromatic carboxylic acids is 1. The molecule has 14 heavy (non-hydrogen) atoms. The Kier molecular flexibility index (Phi) is 1.93. The molecule has 0 aliphatic carbocycles. The van der Waals surface area contributed by atoms with E-state index in [1.165, 1.54) is 11.3 Å². The Morgan fingerprint density at radius 2 is 2.14 bits per heavy atom. The van der Waals surface area contributed by atoms with Crippen LogP contribution in [0.2, 0.25) is 0 Å².